The summed E-state index contributed by atoms with van der Waals surface area (Å²) >= 11 is 4.94. The summed E-state index contributed by atoms with van der Waals surface area (Å²) in [6.45, 7) is 0. The van der Waals surface area contributed by atoms with E-state index < -0.39 is 0 Å². The minimum atomic E-state index is 0.454. The van der Waals surface area contributed by atoms with Gasteiger partial charge in [-0.1, -0.05) is 0 Å². The zero-order valence-corrected chi connectivity index (χ0v) is 8.91. The summed E-state index contributed by atoms with van der Waals surface area (Å²) in [6.07, 6.45) is 5.05. The van der Waals surface area contributed by atoms with Crippen LogP contribution in [-0.2, 0) is 0 Å². The third kappa shape index (κ3) is 2.19. The first-order chi connectivity index (χ1) is 7.29. The number of nitrogens with zero attached hydrogens (tertiary/aromatic N) is 2. The molecule has 0 saturated heterocycles. The second-order valence-corrected chi connectivity index (χ2v) is 3.29. The largest absolute Gasteiger partial charge is 0.495 e. The van der Waals surface area contributed by atoms with Crippen molar-refractivity contribution < 1.29 is 4.74 Å². The van der Waals surface area contributed by atoms with Gasteiger partial charge in [0.2, 0.25) is 0 Å². The predicted molar refractivity (Wildman–Crippen MR) is 59.2 cm³/mol. The Morgan fingerprint density at radius 3 is 3.00 bits per heavy atom. The first-order valence-corrected chi connectivity index (χ1v) is 4.75. The van der Waals surface area contributed by atoms with Gasteiger partial charge in [-0.3, -0.25) is 4.98 Å². The minimum absolute atomic E-state index is 0.454. The molecule has 0 fully saturated rings. The van der Waals surface area contributed by atoms with Crippen LogP contribution in [0.15, 0.2) is 30.7 Å². The fourth-order valence-electron chi connectivity index (χ4n) is 1.21. The third-order valence-corrected chi connectivity index (χ3v) is 2.14. The Morgan fingerprint density at radius 2 is 2.27 bits per heavy atom. The number of nitrogens with one attached hydrogen (secondary N) is 1. The van der Waals surface area contributed by atoms with Crippen LogP contribution in [-0.4, -0.2) is 22.1 Å². The second-order valence-electron chi connectivity index (χ2n) is 2.90. The molecule has 0 amide bonds. The molecule has 0 aromatic carbocycles. The number of ether oxygens (including phenoxy) is 1. The normalized spacial score (nSPS) is 9.93. The summed E-state index contributed by atoms with van der Waals surface area (Å²) in [5.41, 5.74) is 1.80. The van der Waals surface area contributed by atoms with Crippen molar-refractivity contribution in [3.8, 4) is 17.0 Å². The maximum absolute atomic E-state index is 5.09. The van der Waals surface area contributed by atoms with Crippen molar-refractivity contribution in [1.82, 2.24) is 15.0 Å². The van der Waals surface area contributed by atoms with Crippen molar-refractivity contribution in [2.75, 3.05) is 7.11 Å². The maximum Gasteiger partial charge on any atom is 0.197 e. The minimum Gasteiger partial charge on any atom is -0.495 e. The Kier molecular flexibility index (Phi) is 2.73. The number of rotatable bonds is 2. The number of aromatic amines is 1. The third-order valence-electron chi connectivity index (χ3n) is 1.93. The van der Waals surface area contributed by atoms with Crippen LogP contribution in [0.4, 0.5) is 0 Å². The van der Waals surface area contributed by atoms with Gasteiger partial charge >= 0.3 is 0 Å². The van der Waals surface area contributed by atoms with Crippen molar-refractivity contribution in [2.45, 2.75) is 0 Å². The molecule has 76 valence electrons. The molecule has 4 nitrogen and oxygen atoms in total. The molecule has 0 aliphatic rings. The number of aromatic nitrogens is 3. The van der Waals surface area contributed by atoms with E-state index in [9.17, 15) is 0 Å². The zero-order valence-electron chi connectivity index (χ0n) is 8.10. The Balaban J connectivity index is 2.49. The fourth-order valence-corrected chi connectivity index (χ4v) is 1.39. The van der Waals surface area contributed by atoms with Gasteiger partial charge in [0.1, 0.15) is 5.75 Å². The van der Waals surface area contributed by atoms with Gasteiger partial charge in [0.15, 0.2) is 4.77 Å². The standard InChI is InChI=1S/C10H9N3OS/c1-14-8-4-7(5-11-6-8)9-2-3-12-10(15)13-9/h2-6H,1H3,(H,12,13,15). The Labute approximate surface area is 92.0 Å². The van der Waals surface area contributed by atoms with Crippen LogP contribution in [0.25, 0.3) is 11.3 Å². The van der Waals surface area contributed by atoms with E-state index in [1.807, 2.05) is 12.1 Å². The molecule has 0 radical (unpaired) electrons. The molecule has 0 aliphatic heterocycles. The van der Waals surface area contributed by atoms with Gasteiger partial charge in [0.05, 0.1) is 19.0 Å². The first-order valence-electron chi connectivity index (χ1n) is 4.34. The van der Waals surface area contributed by atoms with E-state index >= 15 is 0 Å². The zero-order chi connectivity index (χ0) is 10.7. The van der Waals surface area contributed by atoms with E-state index in [0.717, 1.165) is 11.3 Å². The molecular formula is C10H9N3OS. The van der Waals surface area contributed by atoms with Crippen molar-refractivity contribution in [3.63, 3.8) is 0 Å². The van der Waals surface area contributed by atoms with E-state index in [0.29, 0.717) is 10.5 Å². The summed E-state index contributed by atoms with van der Waals surface area (Å²) in [5.74, 6) is 0.712. The van der Waals surface area contributed by atoms with Gasteiger partial charge in [0, 0.05) is 18.0 Å². The van der Waals surface area contributed by atoms with Crippen LogP contribution in [0.2, 0.25) is 0 Å². The quantitative estimate of drug-likeness (QED) is 0.787. The van der Waals surface area contributed by atoms with Gasteiger partial charge in [-0.05, 0) is 24.4 Å². The number of hydrogen-bond donors (Lipinski definition) is 1. The van der Waals surface area contributed by atoms with E-state index in [1.54, 1.807) is 25.7 Å². The van der Waals surface area contributed by atoms with Gasteiger partial charge in [-0.25, -0.2) is 4.98 Å². The molecule has 0 unspecified atom stereocenters. The van der Waals surface area contributed by atoms with Crippen LogP contribution >= 0.6 is 12.2 Å². The lowest BCUT2D eigenvalue weighted by Crippen LogP contribution is -1.89. The summed E-state index contributed by atoms with van der Waals surface area (Å²) in [5, 5.41) is 0. The van der Waals surface area contributed by atoms with Gasteiger partial charge in [-0.15, -0.1) is 0 Å². The molecule has 0 spiro atoms. The molecule has 2 aromatic heterocycles. The lowest BCUT2D eigenvalue weighted by atomic mass is 10.2. The highest BCUT2D eigenvalue weighted by molar-refractivity contribution is 7.71. The highest BCUT2D eigenvalue weighted by Gasteiger charge is 2.00. The first kappa shape index (κ1) is 9.79. The number of methoxy groups -OCH3 is 1. The molecule has 0 saturated carbocycles. The molecule has 2 heterocycles. The van der Waals surface area contributed by atoms with Crippen LogP contribution in [0.1, 0.15) is 0 Å². The topological polar surface area (TPSA) is 50.8 Å². The monoisotopic (exact) mass is 219 g/mol. The average molecular weight is 219 g/mol. The maximum atomic E-state index is 5.09. The van der Waals surface area contributed by atoms with Crippen LogP contribution in [0.5, 0.6) is 5.75 Å². The number of pyridine rings is 1. The van der Waals surface area contributed by atoms with Gasteiger partial charge in [-0.2, -0.15) is 0 Å². The summed E-state index contributed by atoms with van der Waals surface area (Å²) in [4.78, 5) is 11.0. The van der Waals surface area contributed by atoms with Crippen LogP contribution in [0.3, 0.4) is 0 Å². The molecule has 0 bridgehead atoms. The molecule has 1 N–H and O–H groups in total. The van der Waals surface area contributed by atoms with E-state index in [4.69, 9.17) is 17.0 Å². The lowest BCUT2D eigenvalue weighted by Gasteiger charge is -2.03. The Morgan fingerprint density at radius 1 is 1.40 bits per heavy atom. The highest BCUT2D eigenvalue weighted by atomic mass is 32.1. The highest BCUT2D eigenvalue weighted by Crippen LogP contribution is 2.19. The fraction of sp³-hybridized carbons (Fsp3) is 0.100. The van der Waals surface area contributed by atoms with E-state index in [2.05, 4.69) is 15.0 Å². The van der Waals surface area contributed by atoms with Crippen molar-refractivity contribution in [2.24, 2.45) is 0 Å². The smallest absolute Gasteiger partial charge is 0.197 e. The molecule has 15 heavy (non-hydrogen) atoms. The molecule has 2 aromatic rings. The molecule has 2 rings (SSSR count). The molecular weight excluding hydrogens is 210 g/mol. The van der Waals surface area contributed by atoms with Crippen LogP contribution < -0.4 is 4.74 Å². The predicted octanol–water partition coefficient (Wildman–Crippen LogP) is 2.21. The van der Waals surface area contributed by atoms with Crippen molar-refractivity contribution in [3.05, 3.63) is 35.5 Å². The number of H-pyrrole nitrogens is 1. The number of hydrogen-bond acceptors (Lipinski definition) is 4. The Bertz CT molecular complexity index is 524. The van der Waals surface area contributed by atoms with Gasteiger partial charge in [0.25, 0.3) is 0 Å². The van der Waals surface area contributed by atoms with Crippen LogP contribution in [0, 0.1) is 4.77 Å². The van der Waals surface area contributed by atoms with Crippen molar-refractivity contribution in [1.29, 1.82) is 0 Å². The summed E-state index contributed by atoms with van der Waals surface area (Å²) in [7, 11) is 1.61. The van der Waals surface area contributed by atoms with Crippen molar-refractivity contribution >= 4 is 12.2 Å². The summed E-state index contributed by atoms with van der Waals surface area (Å²) in [6, 6.07) is 3.72. The molecule has 5 heteroatoms. The lowest BCUT2D eigenvalue weighted by molar-refractivity contribution is 0.413. The Hall–Kier alpha value is -1.75. The van der Waals surface area contributed by atoms with Gasteiger partial charge < -0.3 is 9.72 Å². The average Bonchev–Trinajstić information content (AvgIpc) is 2.29. The van der Waals surface area contributed by atoms with E-state index in [-0.39, 0.29) is 0 Å². The van der Waals surface area contributed by atoms with E-state index in [1.165, 1.54) is 0 Å². The second kappa shape index (κ2) is 4.18. The SMILES string of the molecule is COc1cncc(-c2ccnc(=S)[nH]2)c1. The summed E-state index contributed by atoms with van der Waals surface area (Å²) < 4.78 is 5.54. The molecule has 0 aliphatic carbocycles. The molecule has 0 atom stereocenters.